The standard InChI is InChI=1S/C18H17N3O/c1-12-11-19-8-7-15(12)17-20-21-18(22-17)16-10-14(16)9-13-5-3-2-4-6-13/h2-8,11,14,16H,9-10H2,1H3. The Balaban J connectivity index is 1.48. The molecule has 0 saturated heterocycles. The highest BCUT2D eigenvalue weighted by atomic mass is 16.4. The van der Waals surface area contributed by atoms with Crippen LogP contribution in [0, 0.1) is 12.8 Å². The van der Waals surface area contributed by atoms with Crippen molar-refractivity contribution >= 4 is 0 Å². The van der Waals surface area contributed by atoms with E-state index in [1.165, 1.54) is 5.56 Å². The molecule has 0 spiro atoms. The predicted molar refractivity (Wildman–Crippen MR) is 83.3 cm³/mol. The van der Waals surface area contributed by atoms with Gasteiger partial charge in [-0.05, 0) is 42.9 Å². The summed E-state index contributed by atoms with van der Waals surface area (Å²) in [5, 5.41) is 8.46. The van der Waals surface area contributed by atoms with Crippen molar-refractivity contribution in [1.82, 2.24) is 15.2 Å². The molecule has 0 bridgehead atoms. The van der Waals surface area contributed by atoms with E-state index in [9.17, 15) is 0 Å². The van der Waals surface area contributed by atoms with Crippen molar-refractivity contribution in [3.8, 4) is 11.5 Å². The van der Waals surface area contributed by atoms with Crippen LogP contribution < -0.4 is 0 Å². The molecule has 3 aromatic rings. The Morgan fingerprint density at radius 3 is 2.82 bits per heavy atom. The highest BCUT2D eigenvalue weighted by Crippen LogP contribution is 2.49. The van der Waals surface area contributed by atoms with Gasteiger partial charge in [-0.2, -0.15) is 0 Å². The highest BCUT2D eigenvalue weighted by Gasteiger charge is 2.42. The van der Waals surface area contributed by atoms with E-state index < -0.39 is 0 Å². The number of benzene rings is 1. The van der Waals surface area contributed by atoms with Crippen LogP contribution in [0.5, 0.6) is 0 Å². The number of pyridine rings is 1. The van der Waals surface area contributed by atoms with Crippen LogP contribution >= 0.6 is 0 Å². The monoisotopic (exact) mass is 291 g/mol. The molecule has 110 valence electrons. The predicted octanol–water partition coefficient (Wildman–Crippen LogP) is 3.79. The quantitative estimate of drug-likeness (QED) is 0.734. The average molecular weight is 291 g/mol. The topological polar surface area (TPSA) is 51.8 Å². The second-order valence-electron chi connectivity index (χ2n) is 5.93. The van der Waals surface area contributed by atoms with E-state index >= 15 is 0 Å². The first-order valence-electron chi connectivity index (χ1n) is 7.59. The summed E-state index contributed by atoms with van der Waals surface area (Å²) in [7, 11) is 0. The Labute approximate surface area is 129 Å². The summed E-state index contributed by atoms with van der Waals surface area (Å²) in [5.74, 6) is 2.39. The fraction of sp³-hybridized carbons (Fsp3) is 0.278. The molecule has 2 heterocycles. The first kappa shape index (κ1) is 13.2. The number of nitrogens with zero attached hydrogens (tertiary/aromatic N) is 3. The van der Waals surface area contributed by atoms with E-state index in [2.05, 4.69) is 45.5 Å². The van der Waals surface area contributed by atoms with E-state index in [4.69, 9.17) is 4.42 Å². The Morgan fingerprint density at radius 1 is 1.14 bits per heavy atom. The summed E-state index contributed by atoms with van der Waals surface area (Å²) in [6.45, 7) is 2.00. The van der Waals surface area contributed by atoms with Gasteiger partial charge in [0.2, 0.25) is 11.8 Å². The molecule has 2 unspecified atom stereocenters. The lowest BCUT2D eigenvalue weighted by molar-refractivity contribution is 0.498. The second-order valence-corrected chi connectivity index (χ2v) is 5.93. The fourth-order valence-corrected chi connectivity index (χ4v) is 2.90. The van der Waals surface area contributed by atoms with Crippen molar-refractivity contribution < 1.29 is 4.42 Å². The van der Waals surface area contributed by atoms with Crippen LogP contribution in [0.1, 0.15) is 29.4 Å². The van der Waals surface area contributed by atoms with Gasteiger partial charge in [0.15, 0.2) is 0 Å². The van der Waals surface area contributed by atoms with Crippen LogP contribution in [0.2, 0.25) is 0 Å². The minimum atomic E-state index is 0.406. The van der Waals surface area contributed by atoms with Gasteiger partial charge in [0, 0.05) is 23.9 Å². The van der Waals surface area contributed by atoms with Crippen LogP contribution in [0.4, 0.5) is 0 Å². The van der Waals surface area contributed by atoms with Crippen LogP contribution in [0.25, 0.3) is 11.5 Å². The van der Waals surface area contributed by atoms with Gasteiger partial charge >= 0.3 is 0 Å². The first-order chi connectivity index (χ1) is 10.8. The van der Waals surface area contributed by atoms with Gasteiger partial charge < -0.3 is 4.42 Å². The SMILES string of the molecule is Cc1cnccc1-c1nnc(C2CC2Cc2ccccc2)o1. The van der Waals surface area contributed by atoms with Crippen molar-refractivity contribution in [2.24, 2.45) is 5.92 Å². The lowest BCUT2D eigenvalue weighted by Crippen LogP contribution is -1.89. The van der Waals surface area contributed by atoms with Crippen LogP contribution in [0.3, 0.4) is 0 Å². The smallest absolute Gasteiger partial charge is 0.248 e. The van der Waals surface area contributed by atoms with Gasteiger partial charge in [0.05, 0.1) is 0 Å². The van der Waals surface area contributed by atoms with E-state index in [-0.39, 0.29) is 0 Å². The van der Waals surface area contributed by atoms with Crippen molar-refractivity contribution in [1.29, 1.82) is 0 Å². The molecule has 1 saturated carbocycles. The summed E-state index contributed by atoms with van der Waals surface area (Å²) in [5.41, 5.74) is 3.39. The van der Waals surface area contributed by atoms with Gasteiger partial charge in [0.1, 0.15) is 0 Å². The minimum absolute atomic E-state index is 0.406. The Bertz CT molecular complexity index is 782. The molecule has 2 aromatic heterocycles. The maximum Gasteiger partial charge on any atom is 0.248 e. The lowest BCUT2D eigenvalue weighted by Gasteiger charge is -1.99. The van der Waals surface area contributed by atoms with Crippen molar-refractivity contribution in [3.63, 3.8) is 0 Å². The summed E-state index contributed by atoms with van der Waals surface area (Å²) in [4.78, 5) is 4.09. The van der Waals surface area contributed by atoms with Gasteiger partial charge in [-0.3, -0.25) is 4.98 Å². The molecule has 0 radical (unpaired) electrons. The molecule has 22 heavy (non-hydrogen) atoms. The zero-order valence-electron chi connectivity index (χ0n) is 12.4. The number of aryl methyl sites for hydroxylation is 1. The fourth-order valence-electron chi connectivity index (χ4n) is 2.90. The van der Waals surface area contributed by atoms with Crippen LogP contribution in [0.15, 0.2) is 53.2 Å². The lowest BCUT2D eigenvalue weighted by atomic mass is 10.1. The Hall–Kier alpha value is -2.49. The summed E-state index contributed by atoms with van der Waals surface area (Å²) >= 11 is 0. The molecule has 4 heteroatoms. The third-order valence-corrected chi connectivity index (χ3v) is 4.27. The number of hydrogen-bond donors (Lipinski definition) is 0. The van der Waals surface area contributed by atoms with E-state index in [0.717, 1.165) is 29.9 Å². The van der Waals surface area contributed by atoms with E-state index in [0.29, 0.717) is 17.7 Å². The number of rotatable bonds is 4. The zero-order valence-corrected chi connectivity index (χ0v) is 12.4. The molecule has 1 fully saturated rings. The Morgan fingerprint density at radius 2 is 2.00 bits per heavy atom. The van der Waals surface area contributed by atoms with E-state index in [1.54, 1.807) is 6.20 Å². The third kappa shape index (κ3) is 2.52. The maximum absolute atomic E-state index is 5.89. The second kappa shape index (κ2) is 5.37. The van der Waals surface area contributed by atoms with Crippen molar-refractivity contribution in [2.45, 2.75) is 25.7 Å². The molecule has 1 aromatic carbocycles. The number of aromatic nitrogens is 3. The van der Waals surface area contributed by atoms with Gasteiger partial charge in [-0.15, -0.1) is 10.2 Å². The zero-order chi connectivity index (χ0) is 14.9. The summed E-state index contributed by atoms with van der Waals surface area (Å²) in [6.07, 6.45) is 5.78. The normalized spacial score (nSPS) is 20.0. The van der Waals surface area contributed by atoms with Crippen molar-refractivity contribution in [3.05, 3.63) is 65.8 Å². The highest BCUT2D eigenvalue weighted by molar-refractivity contribution is 5.56. The summed E-state index contributed by atoms with van der Waals surface area (Å²) in [6, 6.07) is 12.5. The molecule has 0 N–H and O–H groups in total. The van der Waals surface area contributed by atoms with Gasteiger partial charge in [-0.1, -0.05) is 30.3 Å². The van der Waals surface area contributed by atoms with Crippen LogP contribution in [-0.4, -0.2) is 15.2 Å². The van der Waals surface area contributed by atoms with E-state index in [1.807, 2.05) is 19.2 Å². The molecule has 0 amide bonds. The summed E-state index contributed by atoms with van der Waals surface area (Å²) < 4.78 is 5.89. The third-order valence-electron chi connectivity index (χ3n) is 4.27. The molecule has 1 aliphatic rings. The van der Waals surface area contributed by atoms with Gasteiger partial charge in [-0.25, -0.2) is 0 Å². The molecule has 0 aliphatic heterocycles. The molecule has 4 nitrogen and oxygen atoms in total. The van der Waals surface area contributed by atoms with Gasteiger partial charge in [0.25, 0.3) is 0 Å². The number of hydrogen-bond acceptors (Lipinski definition) is 4. The molecule has 4 rings (SSSR count). The van der Waals surface area contributed by atoms with Crippen molar-refractivity contribution in [2.75, 3.05) is 0 Å². The average Bonchev–Trinajstić information content (AvgIpc) is 3.13. The largest absolute Gasteiger partial charge is 0.420 e. The molecular weight excluding hydrogens is 274 g/mol. The molecule has 1 aliphatic carbocycles. The Kier molecular flexibility index (Phi) is 3.22. The maximum atomic E-state index is 5.89. The van der Waals surface area contributed by atoms with Crippen LogP contribution in [-0.2, 0) is 6.42 Å². The minimum Gasteiger partial charge on any atom is -0.420 e. The molecular formula is C18H17N3O. The first-order valence-corrected chi connectivity index (χ1v) is 7.59. The molecule has 2 atom stereocenters.